The van der Waals surface area contributed by atoms with Gasteiger partial charge in [0, 0.05) is 0 Å². The van der Waals surface area contributed by atoms with Gasteiger partial charge in [0.15, 0.2) is 9.84 Å². The van der Waals surface area contributed by atoms with Crippen LogP contribution < -0.4 is 10.9 Å². The summed E-state index contributed by atoms with van der Waals surface area (Å²) in [6.07, 6.45) is 0. The number of hydrazine groups is 1. The number of sulfone groups is 1. The van der Waals surface area contributed by atoms with Crippen LogP contribution in [-0.4, -0.2) is 25.1 Å². The third-order valence-electron chi connectivity index (χ3n) is 3.82. The number of anilines is 1. The molecule has 2 N–H and O–H groups in total. The largest absolute Gasteiger partial charge is 0.273 e. The van der Waals surface area contributed by atoms with E-state index in [-0.39, 0.29) is 4.90 Å². The smallest absolute Gasteiger partial charge is 0.253 e. The molecular weight excluding hydrogens is 358 g/mol. The Morgan fingerprint density at radius 1 is 1.12 bits per heavy atom. The molecule has 0 spiro atoms. The number of hydrogen-bond acceptors (Lipinski definition) is 6. The second-order valence-corrected chi connectivity index (χ2v) is 8.64. The normalized spacial score (nSPS) is 11.4. The number of aryl methyl sites for hydroxylation is 2. The Hall–Kier alpha value is -2.45. The molecule has 3 rings (SSSR count). The van der Waals surface area contributed by atoms with E-state index in [4.69, 9.17) is 0 Å². The number of aromatic nitrogens is 1. The van der Waals surface area contributed by atoms with Gasteiger partial charge in [0.2, 0.25) is 5.13 Å². The van der Waals surface area contributed by atoms with Gasteiger partial charge in [-0.05, 0) is 43.2 Å². The summed E-state index contributed by atoms with van der Waals surface area (Å²) in [5.41, 5.74) is 8.20. The Balaban J connectivity index is 1.68. The van der Waals surface area contributed by atoms with E-state index in [1.165, 1.54) is 23.5 Å². The number of carbonyl (C=O) groups excluding carboxylic acids is 1. The minimum Gasteiger partial charge on any atom is -0.273 e. The summed E-state index contributed by atoms with van der Waals surface area (Å²) in [7, 11) is -3.67. The molecule has 0 unspecified atom stereocenters. The van der Waals surface area contributed by atoms with Crippen LogP contribution in [0.3, 0.4) is 0 Å². The second kappa shape index (κ2) is 6.81. The van der Waals surface area contributed by atoms with Crippen molar-refractivity contribution < 1.29 is 13.2 Å². The molecule has 0 bridgehead atoms. The molecule has 2 aromatic carbocycles. The lowest BCUT2D eigenvalue weighted by atomic mass is 10.1. The molecule has 1 aromatic heterocycles. The zero-order chi connectivity index (χ0) is 18.0. The number of benzene rings is 2. The van der Waals surface area contributed by atoms with Crippen LogP contribution in [0.4, 0.5) is 5.13 Å². The van der Waals surface area contributed by atoms with Gasteiger partial charge in [0.1, 0.15) is 5.75 Å². The van der Waals surface area contributed by atoms with Crippen LogP contribution in [0.5, 0.6) is 0 Å². The van der Waals surface area contributed by atoms with E-state index >= 15 is 0 Å². The van der Waals surface area contributed by atoms with Gasteiger partial charge < -0.3 is 0 Å². The van der Waals surface area contributed by atoms with Gasteiger partial charge in [-0.3, -0.25) is 15.6 Å². The Morgan fingerprint density at radius 2 is 1.84 bits per heavy atom. The molecule has 0 saturated carbocycles. The van der Waals surface area contributed by atoms with Crippen LogP contribution in [0, 0.1) is 13.8 Å². The molecule has 0 fully saturated rings. The van der Waals surface area contributed by atoms with Crippen LogP contribution in [0.15, 0.2) is 47.4 Å². The fraction of sp³-hybridized carbons (Fsp3) is 0.176. The summed E-state index contributed by atoms with van der Waals surface area (Å²) in [6, 6.07) is 11.9. The Kier molecular flexibility index (Phi) is 4.73. The van der Waals surface area contributed by atoms with Gasteiger partial charge in [-0.2, -0.15) is 0 Å². The fourth-order valence-electron chi connectivity index (χ4n) is 2.32. The number of fused-ring (bicyclic) bond motifs is 1. The predicted octanol–water partition coefficient (Wildman–Crippen LogP) is 2.83. The molecule has 0 aliphatic carbocycles. The topological polar surface area (TPSA) is 88.2 Å². The van der Waals surface area contributed by atoms with Crippen molar-refractivity contribution in [3.05, 3.63) is 53.6 Å². The van der Waals surface area contributed by atoms with Gasteiger partial charge in [0.25, 0.3) is 5.91 Å². The fourth-order valence-corrected chi connectivity index (χ4v) is 4.36. The summed E-state index contributed by atoms with van der Waals surface area (Å²) in [6.45, 7) is 4.00. The molecule has 0 aliphatic heterocycles. The highest BCUT2D eigenvalue weighted by atomic mass is 32.2. The number of carbonyl (C=O) groups is 1. The van der Waals surface area contributed by atoms with E-state index in [0.29, 0.717) is 5.13 Å². The highest BCUT2D eigenvalue weighted by Gasteiger charge is 2.19. The molecule has 6 nitrogen and oxygen atoms in total. The van der Waals surface area contributed by atoms with E-state index in [2.05, 4.69) is 15.8 Å². The lowest BCUT2D eigenvalue weighted by Crippen LogP contribution is -2.34. The molecule has 0 atom stereocenters. The van der Waals surface area contributed by atoms with Crippen molar-refractivity contribution in [1.82, 2.24) is 10.4 Å². The number of nitrogens with zero attached hydrogens (tertiary/aromatic N) is 1. The maximum atomic E-state index is 12.2. The van der Waals surface area contributed by atoms with E-state index in [1.54, 1.807) is 18.2 Å². The first-order valence-electron chi connectivity index (χ1n) is 7.56. The third-order valence-corrected chi connectivity index (χ3v) is 6.39. The number of rotatable bonds is 5. The van der Waals surface area contributed by atoms with Crippen molar-refractivity contribution >= 4 is 42.4 Å². The Labute approximate surface area is 149 Å². The monoisotopic (exact) mass is 375 g/mol. The molecule has 25 heavy (non-hydrogen) atoms. The third kappa shape index (κ3) is 3.80. The maximum absolute atomic E-state index is 12.2. The number of hydrogen-bond donors (Lipinski definition) is 2. The predicted molar refractivity (Wildman–Crippen MR) is 99.4 cm³/mol. The van der Waals surface area contributed by atoms with Crippen molar-refractivity contribution in [3.63, 3.8) is 0 Å². The zero-order valence-electron chi connectivity index (χ0n) is 13.7. The Morgan fingerprint density at radius 3 is 2.56 bits per heavy atom. The first-order chi connectivity index (χ1) is 11.9. The van der Waals surface area contributed by atoms with Crippen molar-refractivity contribution in [1.29, 1.82) is 0 Å². The summed E-state index contributed by atoms with van der Waals surface area (Å²) in [5, 5.41) is 0.508. The zero-order valence-corrected chi connectivity index (χ0v) is 15.4. The molecular formula is C17H17N3O3S2. The van der Waals surface area contributed by atoms with Crippen LogP contribution in [0.1, 0.15) is 11.1 Å². The quantitative estimate of drug-likeness (QED) is 0.670. The molecule has 1 amide bonds. The number of nitrogens with one attached hydrogen (secondary N) is 2. The maximum Gasteiger partial charge on any atom is 0.253 e. The van der Waals surface area contributed by atoms with Crippen molar-refractivity contribution in [2.75, 3.05) is 11.2 Å². The van der Waals surface area contributed by atoms with E-state index in [9.17, 15) is 13.2 Å². The van der Waals surface area contributed by atoms with E-state index < -0.39 is 21.5 Å². The molecule has 0 aliphatic rings. The Bertz CT molecular complexity index is 1030. The van der Waals surface area contributed by atoms with Crippen LogP contribution in [0.25, 0.3) is 10.2 Å². The van der Waals surface area contributed by atoms with Crippen LogP contribution in [0.2, 0.25) is 0 Å². The van der Waals surface area contributed by atoms with Crippen molar-refractivity contribution in [3.8, 4) is 0 Å². The van der Waals surface area contributed by atoms with Gasteiger partial charge in [-0.25, -0.2) is 13.4 Å². The molecule has 130 valence electrons. The molecule has 0 saturated heterocycles. The number of thiazole rings is 1. The van der Waals surface area contributed by atoms with Crippen molar-refractivity contribution in [2.24, 2.45) is 0 Å². The highest BCUT2D eigenvalue weighted by Crippen LogP contribution is 2.29. The SMILES string of the molecule is Cc1ccc2sc(NNC(=O)CS(=O)(=O)c3ccccc3)nc2c1C. The lowest BCUT2D eigenvalue weighted by Gasteiger charge is -2.06. The minimum atomic E-state index is -3.67. The van der Waals surface area contributed by atoms with Gasteiger partial charge >= 0.3 is 0 Å². The number of amides is 1. The molecule has 3 aromatic rings. The lowest BCUT2D eigenvalue weighted by molar-refractivity contribution is -0.118. The minimum absolute atomic E-state index is 0.122. The highest BCUT2D eigenvalue weighted by molar-refractivity contribution is 7.92. The summed E-state index contributed by atoms with van der Waals surface area (Å²) >= 11 is 1.39. The standard InChI is InChI=1S/C17H17N3O3S2/c1-11-8-9-14-16(12(11)2)18-17(24-14)20-19-15(21)10-25(22,23)13-6-4-3-5-7-13/h3-9H,10H2,1-2H3,(H,18,20)(H,19,21). The summed E-state index contributed by atoms with van der Waals surface area (Å²) in [5.74, 6) is -1.27. The first-order valence-corrected chi connectivity index (χ1v) is 10.0. The summed E-state index contributed by atoms with van der Waals surface area (Å²) in [4.78, 5) is 16.5. The van der Waals surface area contributed by atoms with Crippen LogP contribution >= 0.6 is 11.3 Å². The summed E-state index contributed by atoms with van der Waals surface area (Å²) < 4.78 is 25.3. The van der Waals surface area contributed by atoms with E-state index in [1.807, 2.05) is 26.0 Å². The second-order valence-electron chi connectivity index (χ2n) is 5.62. The van der Waals surface area contributed by atoms with Gasteiger partial charge in [-0.1, -0.05) is 35.6 Å². The first kappa shape index (κ1) is 17.4. The average Bonchev–Trinajstić information content (AvgIpc) is 3.01. The molecule has 1 heterocycles. The average molecular weight is 375 g/mol. The van der Waals surface area contributed by atoms with Crippen LogP contribution in [-0.2, 0) is 14.6 Å². The van der Waals surface area contributed by atoms with Gasteiger partial charge in [0.05, 0.1) is 15.1 Å². The molecule has 0 radical (unpaired) electrons. The van der Waals surface area contributed by atoms with Crippen molar-refractivity contribution in [2.45, 2.75) is 18.7 Å². The molecule has 8 heteroatoms. The van der Waals surface area contributed by atoms with Gasteiger partial charge in [-0.15, -0.1) is 0 Å². The van der Waals surface area contributed by atoms with E-state index in [0.717, 1.165) is 21.3 Å².